The maximum Gasteiger partial charge on any atom is 0.410 e. The van der Waals surface area contributed by atoms with E-state index in [4.69, 9.17) is 9.47 Å². The highest BCUT2D eigenvalue weighted by molar-refractivity contribution is 5.67. The molecule has 0 radical (unpaired) electrons. The van der Waals surface area contributed by atoms with E-state index in [9.17, 15) is 4.79 Å². The normalized spacial score (nSPS) is 25.1. The van der Waals surface area contributed by atoms with Gasteiger partial charge in [0.25, 0.3) is 0 Å². The van der Waals surface area contributed by atoms with Gasteiger partial charge >= 0.3 is 6.09 Å². The molecule has 0 aliphatic carbocycles. The molecular formula is C13H25NO3. The van der Waals surface area contributed by atoms with Crippen molar-refractivity contribution >= 4 is 6.09 Å². The van der Waals surface area contributed by atoms with Gasteiger partial charge in [-0.15, -0.1) is 0 Å². The van der Waals surface area contributed by atoms with Crippen LogP contribution in [0.2, 0.25) is 0 Å². The third kappa shape index (κ3) is 4.54. The Kier molecular flexibility index (Phi) is 6.34. The van der Waals surface area contributed by atoms with Gasteiger partial charge in [-0.25, -0.2) is 4.79 Å². The minimum Gasteiger partial charge on any atom is -0.444 e. The lowest BCUT2D eigenvalue weighted by molar-refractivity contribution is 0.0471. The molecule has 0 aromatic carbocycles. The summed E-state index contributed by atoms with van der Waals surface area (Å²) < 4.78 is 10.5. The van der Waals surface area contributed by atoms with Gasteiger partial charge < -0.3 is 14.4 Å². The molecular weight excluding hydrogens is 218 g/mol. The summed E-state index contributed by atoms with van der Waals surface area (Å²) in [4.78, 5) is 13.5. The van der Waals surface area contributed by atoms with Gasteiger partial charge in [0.05, 0.1) is 13.2 Å². The van der Waals surface area contributed by atoms with Crippen molar-refractivity contribution in [2.45, 2.75) is 46.1 Å². The molecule has 2 aliphatic rings. The first-order valence-electron chi connectivity index (χ1n) is 6.79. The number of nitrogens with zero attached hydrogens (tertiary/aromatic N) is 1. The lowest BCUT2D eigenvalue weighted by Gasteiger charge is -2.30. The van der Waals surface area contributed by atoms with Gasteiger partial charge in [-0.1, -0.05) is 20.8 Å². The van der Waals surface area contributed by atoms with Crippen LogP contribution in [0.3, 0.4) is 0 Å². The quantitative estimate of drug-likeness (QED) is 0.710. The summed E-state index contributed by atoms with van der Waals surface area (Å²) in [6, 6.07) is 0. The summed E-state index contributed by atoms with van der Waals surface area (Å²) in [5.41, 5.74) is 0. The van der Waals surface area contributed by atoms with E-state index in [0.29, 0.717) is 6.61 Å². The van der Waals surface area contributed by atoms with Crippen molar-refractivity contribution in [3.05, 3.63) is 0 Å². The maximum absolute atomic E-state index is 11.7. The molecule has 100 valence electrons. The zero-order chi connectivity index (χ0) is 12.7. The number of ether oxygens (including phenoxy) is 2. The molecule has 1 unspecified atom stereocenters. The van der Waals surface area contributed by atoms with E-state index in [0.717, 1.165) is 44.9 Å². The predicted octanol–water partition coefficient (Wildman–Crippen LogP) is 2.67. The first-order valence-corrected chi connectivity index (χ1v) is 6.79. The Morgan fingerprint density at radius 3 is 2.41 bits per heavy atom. The first-order chi connectivity index (χ1) is 8.25. The number of piperidine rings is 1. The number of hydrogen-bond acceptors (Lipinski definition) is 3. The third-order valence-electron chi connectivity index (χ3n) is 3.20. The van der Waals surface area contributed by atoms with Crippen LogP contribution in [0, 0.1) is 5.92 Å². The van der Waals surface area contributed by atoms with E-state index in [1.165, 1.54) is 0 Å². The Morgan fingerprint density at radius 1 is 1.24 bits per heavy atom. The highest BCUT2D eigenvalue weighted by Gasteiger charge is 2.25. The molecule has 0 spiro atoms. The van der Waals surface area contributed by atoms with Gasteiger partial charge in [0, 0.05) is 19.5 Å². The average molecular weight is 243 g/mol. The highest BCUT2D eigenvalue weighted by atomic mass is 16.6. The largest absolute Gasteiger partial charge is 0.444 e. The molecule has 0 aromatic heterocycles. The maximum atomic E-state index is 11.7. The molecule has 2 rings (SSSR count). The standard InChI is InChI=1S/C11H19NO3.C2H6/c1-9-2-5-12(6-3-9)11(13)15-10-4-7-14-8-10;1-2/h9-10H,2-8H2,1H3;1-2H3. The lowest BCUT2D eigenvalue weighted by atomic mass is 10.00. The molecule has 2 heterocycles. The van der Waals surface area contributed by atoms with E-state index in [-0.39, 0.29) is 12.2 Å². The van der Waals surface area contributed by atoms with Crippen LogP contribution >= 0.6 is 0 Å². The Bertz CT molecular complexity index is 219. The summed E-state index contributed by atoms with van der Waals surface area (Å²) >= 11 is 0. The molecule has 0 N–H and O–H groups in total. The second-order valence-electron chi connectivity index (χ2n) is 4.54. The predicted molar refractivity (Wildman–Crippen MR) is 67.0 cm³/mol. The first kappa shape index (κ1) is 14.3. The monoisotopic (exact) mass is 243 g/mol. The van der Waals surface area contributed by atoms with Crippen LogP contribution in [0.15, 0.2) is 0 Å². The lowest BCUT2D eigenvalue weighted by Crippen LogP contribution is -2.39. The van der Waals surface area contributed by atoms with Crippen LogP contribution in [-0.2, 0) is 9.47 Å². The number of hydrogen-bond donors (Lipinski definition) is 0. The summed E-state index contributed by atoms with van der Waals surface area (Å²) in [5, 5.41) is 0. The summed E-state index contributed by atoms with van der Waals surface area (Å²) in [7, 11) is 0. The van der Waals surface area contributed by atoms with Crippen LogP contribution in [-0.4, -0.2) is 43.4 Å². The van der Waals surface area contributed by atoms with Crippen molar-refractivity contribution in [2.75, 3.05) is 26.3 Å². The average Bonchev–Trinajstić information content (AvgIpc) is 2.85. The molecule has 2 fully saturated rings. The second kappa shape index (κ2) is 7.54. The van der Waals surface area contributed by atoms with Crippen LogP contribution in [0.25, 0.3) is 0 Å². The van der Waals surface area contributed by atoms with Crippen molar-refractivity contribution in [1.29, 1.82) is 0 Å². The van der Waals surface area contributed by atoms with Gasteiger partial charge in [-0.05, 0) is 18.8 Å². The molecule has 0 saturated carbocycles. The fourth-order valence-corrected chi connectivity index (χ4v) is 2.01. The fraction of sp³-hybridized carbons (Fsp3) is 0.923. The number of carbonyl (C=O) groups is 1. The van der Waals surface area contributed by atoms with Crippen molar-refractivity contribution < 1.29 is 14.3 Å². The topological polar surface area (TPSA) is 38.8 Å². The third-order valence-corrected chi connectivity index (χ3v) is 3.20. The molecule has 0 bridgehead atoms. The Hall–Kier alpha value is -0.770. The highest BCUT2D eigenvalue weighted by Crippen LogP contribution is 2.18. The van der Waals surface area contributed by atoms with Crippen LogP contribution in [0.5, 0.6) is 0 Å². The molecule has 1 atom stereocenters. The number of carbonyl (C=O) groups excluding carboxylic acids is 1. The van der Waals surface area contributed by atoms with Gasteiger partial charge in [-0.3, -0.25) is 0 Å². The number of rotatable bonds is 1. The van der Waals surface area contributed by atoms with Crippen molar-refractivity contribution in [1.82, 2.24) is 4.90 Å². The van der Waals surface area contributed by atoms with Gasteiger partial charge in [0.15, 0.2) is 0 Å². The van der Waals surface area contributed by atoms with Crippen LogP contribution in [0.4, 0.5) is 4.79 Å². The number of likely N-dealkylation sites (tertiary alicyclic amines) is 1. The molecule has 17 heavy (non-hydrogen) atoms. The minimum absolute atomic E-state index is 0.0168. The fourth-order valence-electron chi connectivity index (χ4n) is 2.01. The van der Waals surface area contributed by atoms with Gasteiger partial charge in [0.2, 0.25) is 0 Å². The second-order valence-corrected chi connectivity index (χ2v) is 4.54. The van der Waals surface area contributed by atoms with Crippen LogP contribution in [0.1, 0.15) is 40.0 Å². The minimum atomic E-state index is -0.155. The van der Waals surface area contributed by atoms with Crippen molar-refractivity contribution in [2.24, 2.45) is 5.92 Å². The SMILES string of the molecule is CC.CC1CCN(C(=O)OC2CCOC2)CC1. The Balaban J connectivity index is 0.000000686. The van der Waals surface area contributed by atoms with E-state index in [2.05, 4.69) is 6.92 Å². The van der Waals surface area contributed by atoms with E-state index < -0.39 is 0 Å². The van der Waals surface area contributed by atoms with E-state index in [1.54, 1.807) is 0 Å². The Morgan fingerprint density at radius 2 is 1.88 bits per heavy atom. The van der Waals surface area contributed by atoms with Gasteiger partial charge in [0.1, 0.15) is 6.10 Å². The zero-order valence-corrected chi connectivity index (χ0v) is 11.3. The molecule has 1 amide bonds. The Labute approximate surface area is 104 Å². The van der Waals surface area contributed by atoms with Gasteiger partial charge in [-0.2, -0.15) is 0 Å². The van der Waals surface area contributed by atoms with Crippen molar-refractivity contribution in [3.63, 3.8) is 0 Å². The number of amides is 1. The van der Waals surface area contributed by atoms with Crippen molar-refractivity contribution in [3.8, 4) is 0 Å². The molecule has 2 aliphatic heterocycles. The van der Waals surface area contributed by atoms with E-state index in [1.807, 2.05) is 18.7 Å². The molecule has 2 saturated heterocycles. The molecule has 4 heteroatoms. The summed E-state index contributed by atoms with van der Waals surface area (Å²) in [5.74, 6) is 0.740. The zero-order valence-electron chi connectivity index (χ0n) is 11.3. The molecule has 0 aromatic rings. The summed E-state index contributed by atoms with van der Waals surface area (Å²) in [6.07, 6.45) is 2.86. The van der Waals surface area contributed by atoms with E-state index >= 15 is 0 Å². The molecule has 4 nitrogen and oxygen atoms in total. The smallest absolute Gasteiger partial charge is 0.410 e. The van der Waals surface area contributed by atoms with Crippen LogP contribution < -0.4 is 0 Å². The summed E-state index contributed by atoms with van der Waals surface area (Å²) in [6.45, 7) is 9.19.